The number of halogens is 3. The van der Waals surface area contributed by atoms with E-state index in [1.165, 1.54) is 41.7 Å². The Bertz CT molecular complexity index is 1430. The van der Waals surface area contributed by atoms with E-state index < -0.39 is 12.1 Å². The highest BCUT2D eigenvalue weighted by Gasteiger charge is 2.38. The van der Waals surface area contributed by atoms with Gasteiger partial charge in [0.2, 0.25) is 0 Å². The van der Waals surface area contributed by atoms with Crippen molar-refractivity contribution in [1.29, 1.82) is 0 Å². The lowest BCUT2D eigenvalue weighted by atomic mass is 9.83. The molecule has 0 atom stereocenters. The molecule has 1 fully saturated rings. The molecule has 0 saturated carbocycles. The minimum atomic E-state index is -4.94. The first-order valence-electron chi connectivity index (χ1n) is 15.5. The van der Waals surface area contributed by atoms with Gasteiger partial charge in [-0.2, -0.15) is 13.2 Å². The van der Waals surface area contributed by atoms with Crippen molar-refractivity contribution < 1.29 is 27.5 Å². The van der Waals surface area contributed by atoms with E-state index in [0.717, 1.165) is 75.0 Å². The number of hydrogen-bond donors (Lipinski definition) is 2. The molecule has 2 amide bonds. The van der Waals surface area contributed by atoms with Crippen LogP contribution < -0.4 is 15.4 Å². The molecule has 1 saturated heterocycles. The van der Waals surface area contributed by atoms with E-state index in [0.29, 0.717) is 18.0 Å². The van der Waals surface area contributed by atoms with E-state index in [1.54, 1.807) is 36.4 Å². The second kappa shape index (κ2) is 14.3. The largest absolute Gasteiger partial charge is 0.496 e. The number of fused-ring (bicyclic) bond motifs is 1. The summed E-state index contributed by atoms with van der Waals surface area (Å²) in [4.78, 5) is 26.3. The molecule has 1 aliphatic heterocycles. The number of methoxy groups -OCH3 is 1. The molecule has 44 heavy (non-hydrogen) atoms. The Kier molecular flexibility index (Phi) is 10.3. The monoisotopic (exact) mass is 607 g/mol. The van der Waals surface area contributed by atoms with Gasteiger partial charge >= 0.3 is 12.1 Å². The van der Waals surface area contributed by atoms with Gasteiger partial charge in [-0.3, -0.25) is 9.59 Å². The number of anilines is 1. The molecule has 2 aliphatic rings. The average Bonchev–Trinajstić information content (AvgIpc) is 3.04. The third-order valence-electron chi connectivity index (χ3n) is 8.81. The van der Waals surface area contributed by atoms with Crippen molar-refractivity contribution >= 4 is 17.5 Å². The summed E-state index contributed by atoms with van der Waals surface area (Å²) in [5, 5.41) is 4.82. The van der Waals surface area contributed by atoms with Gasteiger partial charge in [0.1, 0.15) is 5.75 Å². The molecule has 6 nitrogen and oxygen atoms in total. The van der Waals surface area contributed by atoms with Gasteiger partial charge in [0.05, 0.1) is 7.11 Å². The Morgan fingerprint density at radius 2 is 1.55 bits per heavy atom. The highest BCUT2D eigenvalue weighted by molar-refractivity contribution is 5.95. The zero-order valence-corrected chi connectivity index (χ0v) is 25.1. The van der Waals surface area contributed by atoms with E-state index in [9.17, 15) is 22.8 Å². The van der Waals surface area contributed by atoms with Crippen molar-refractivity contribution in [3.8, 4) is 16.9 Å². The molecule has 9 heteroatoms. The fourth-order valence-electron chi connectivity index (χ4n) is 6.37. The van der Waals surface area contributed by atoms with E-state index in [2.05, 4.69) is 22.3 Å². The van der Waals surface area contributed by atoms with Gasteiger partial charge in [0.15, 0.2) is 0 Å². The number of ether oxygens (including phenoxy) is 1. The van der Waals surface area contributed by atoms with Crippen LogP contribution in [0.5, 0.6) is 5.75 Å². The number of likely N-dealkylation sites (tertiary alicyclic amines) is 1. The summed E-state index contributed by atoms with van der Waals surface area (Å²) in [7, 11) is 1.82. The van der Waals surface area contributed by atoms with Crippen LogP contribution in [0.25, 0.3) is 11.1 Å². The van der Waals surface area contributed by atoms with Gasteiger partial charge in [-0.15, -0.1) is 0 Å². The Morgan fingerprint density at radius 1 is 0.886 bits per heavy atom. The second-order valence-corrected chi connectivity index (χ2v) is 11.7. The lowest BCUT2D eigenvalue weighted by molar-refractivity contribution is -0.167. The molecule has 1 heterocycles. The molecule has 234 valence electrons. The number of nitrogens with zero attached hydrogens (tertiary/aromatic N) is 1. The number of nitrogens with one attached hydrogen (secondary N) is 2. The predicted octanol–water partition coefficient (Wildman–Crippen LogP) is 7.13. The maximum atomic E-state index is 12.6. The van der Waals surface area contributed by atoms with E-state index in [-0.39, 0.29) is 11.6 Å². The predicted molar refractivity (Wildman–Crippen MR) is 166 cm³/mol. The van der Waals surface area contributed by atoms with Gasteiger partial charge in [-0.25, -0.2) is 0 Å². The van der Waals surface area contributed by atoms with Crippen LogP contribution in [0.15, 0.2) is 60.7 Å². The quantitative estimate of drug-likeness (QED) is 0.241. The molecule has 3 aromatic carbocycles. The van der Waals surface area contributed by atoms with Crippen LogP contribution in [0.4, 0.5) is 18.9 Å². The maximum absolute atomic E-state index is 12.6. The number of alkyl halides is 3. The Morgan fingerprint density at radius 3 is 2.20 bits per heavy atom. The van der Waals surface area contributed by atoms with Gasteiger partial charge in [-0.05, 0) is 129 Å². The Balaban J connectivity index is 1.01. The number of aryl methyl sites for hydroxylation is 1. The first kappa shape index (κ1) is 31.6. The molecule has 0 aromatic heterocycles. The number of rotatable bonds is 10. The topological polar surface area (TPSA) is 70.7 Å². The summed E-state index contributed by atoms with van der Waals surface area (Å²) in [6.45, 7) is 3.79. The van der Waals surface area contributed by atoms with E-state index in [1.807, 2.05) is 12.4 Å². The first-order chi connectivity index (χ1) is 21.2. The number of carbonyl (C=O) groups excluding carboxylic acids is 2. The summed E-state index contributed by atoms with van der Waals surface area (Å²) < 4.78 is 43.3. The third-order valence-corrected chi connectivity index (χ3v) is 8.81. The van der Waals surface area contributed by atoms with Gasteiger partial charge in [0, 0.05) is 17.8 Å². The molecule has 0 bridgehead atoms. The molecule has 2 N–H and O–H groups in total. The van der Waals surface area contributed by atoms with Crippen LogP contribution in [-0.2, 0) is 17.6 Å². The van der Waals surface area contributed by atoms with Gasteiger partial charge < -0.3 is 20.3 Å². The minimum absolute atomic E-state index is 0.0577. The van der Waals surface area contributed by atoms with E-state index in [4.69, 9.17) is 4.74 Å². The van der Waals surface area contributed by atoms with Crippen molar-refractivity contribution in [1.82, 2.24) is 10.2 Å². The van der Waals surface area contributed by atoms with Crippen LogP contribution in [0.3, 0.4) is 0 Å². The summed E-state index contributed by atoms with van der Waals surface area (Å²) in [5.41, 5.74) is 6.45. The number of unbranched alkanes of at least 4 members (excludes halogenated alkanes) is 1. The van der Waals surface area contributed by atoms with E-state index >= 15 is 0 Å². The zero-order valence-electron chi connectivity index (χ0n) is 25.1. The van der Waals surface area contributed by atoms with Crippen LogP contribution in [0.2, 0.25) is 0 Å². The van der Waals surface area contributed by atoms with Crippen LogP contribution >= 0.6 is 0 Å². The average molecular weight is 608 g/mol. The number of amides is 2. The van der Waals surface area contributed by atoms with Crippen LogP contribution in [-0.4, -0.2) is 56.2 Å². The van der Waals surface area contributed by atoms with Crippen LogP contribution in [0, 0.1) is 0 Å². The molecular weight excluding hydrogens is 567 g/mol. The SMILES string of the molecule is COc1c(C2CCN(CCCCNC(=O)c3ccc(-c4ccc(NC(=O)C(F)(F)F)cc4)cc3)CC2)ccc2c1CCCC2. The summed E-state index contributed by atoms with van der Waals surface area (Å²) in [6.07, 6.45) is 4.07. The number of hydrogen-bond acceptors (Lipinski definition) is 4. The second-order valence-electron chi connectivity index (χ2n) is 11.7. The lowest BCUT2D eigenvalue weighted by Crippen LogP contribution is -2.34. The number of piperidine rings is 1. The summed E-state index contributed by atoms with van der Waals surface area (Å²) in [5.74, 6) is -0.465. The van der Waals surface area contributed by atoms with Gasteiger partial charge in [0.25, 0.3) is 5.91 Å². The molecule has 3 aromatic rings. The molecule has 0 spiro atoms. The Hall–Kier alpha value is -3.85. The number of carbonyl (C=O) groups is 2. The number of benzene rings is 3. The lowest BCUT2D eigenvalue weighted by Gasteiger charge is -2.33. The molecule has 5 rings (SSSR count). The maximum Gasteiger partial charge on any atom is 0.471 e. The molecular formula is C35H40F3N3O3. The Labute approximate surface area is 257 Å². The highest BCUT2D eigenvalue weighted by atomic mass is 19.4. The minimum Gasteiger partial charge on any atom is -0.496 e. The molecule has 0 radical (unpaired) electrons. The third kappa shape index (κ3) is 7.80. The van der Waals surface area contributed by atoms with Crippen molar-refractivity contribution in [3.05, 3.63) is 82.9 Å². The first-order valence-corrected chi connectivity index (χ1v) is 15.5. The highest BCUT2D eigenvalue weighted by Crippen LogP contribution is 2.40. The summed E-state index contributed by atoms with van der Waals surface area (Å²) >= 11 is 0. The standard InChI is InChI=1S/C35H40F3N3O3/c1-44-32-30-7-3-2-6-26(30)14-17-31(32)27-18-22-41(23-19-27)21-5-4-20-39-33(42)28-10-8-24(9-11-28)25-12-15-29(16-13-25)40-34(43)35(36,37)38/h8-17,27H,2-7,18-23H2,1H3,(H,39,42)(H,40,43). The molecule has 1 aliphatic carbocycles. The molecule has 0 unspecified atom stereocenters. The van der Waals surface area contributed by atoms with Crippen molar-refractivity contribution in [2.75, 3.05) is 38.6 Å². The fourth-order valence-corrected chi connectivity index (χ4v) is 6.37. The normalized spacial score (nSPS) is 15.8. The van der Waals surface area contributed by atoms with Gasteiger partial charge in [-0.1, -0.05) is 36.4 Å². The fraction of sp³-hybridized carbons (Fsp3) is 0.429. The van der Waals surface area contributed by atoms with Crippen molar-refractivity contribution in [3.63, 3.8) is 0 Å². The zero-order chi connectivity index (χ0) is 31.1. The van der Waals surface area contributed by atoms with Crippen molar-refractivity contribution in [2.45, 2.75) is 63.5 Å². The van der Waals surface area contributed by atoms with Crippen LogP contribution in [0.1, 0.15) is 71.5 Å². The van der Waals surface area contributed by atoms with Crippen molar-refractivity contribution in [2.24, 2.45) is 0 Å². The summed E-state index contributed by atoms with van der Waals surface area (Å²) in [6, 6.07) is 17.7. The smallest absolute Gasteiger partial charge is 0.471 e.